The zero-order chi connectivity index (χ0) is 29.9. The summed E-state index contributed by atoms with van der Waals surface area (Å²) in [5, 5.41) is 0. The Balaban J connectivity index is 0.00000192. The van der Waals surface area contributed by atoms with Crippen LogP contribution in [0.1, 0.15) is 110 Å². The van der Waals surface area contributed by atoms with Gasteiger partial charge in [-0.1, -0.05) is 0 Å². The fourth-order valence-electron chi connectivity index (χ4n) is 8.57. The van der Waals surface area contributed by atoms with E-state index in [1.54, 1.807) is 20.0 Å². The van der Waals surface area contributed by atoms with Crippen LogP contribution in [0, 0.1) is 12.8 Å². The predicted octanol–water partition coefficient (Wildman–Crippen LogP) is 4.80. The molecule has 0 aliphatic heterocycles. The molecule has 0 spiro atoms. The minimum absolute atomic E-state index is 0. The van der Waals surface area contributed by atoms with Gasteiger partial charge in [-0.2, -0.15) is 0 Å². The molecular formula is C41H44Cl2Zr. The summed E-state index contributed by atoms with van der Waals surface area (Å²) in [7, 11) is 0. The summed E-state index contributed by atoms with van der Waals surface area (Å²) < 4.78 is 5.04. The number of allylic oxidation sites excluding steroid dienone is 8. The van der Waals surface area contributed by atoms with E-state index in [1.807, 2.05) is 0 Å². The Bertz CT molecular complexity index is 1790. The summed E-state index contributed by atoms with van der Waals surface area (Å²) in [5.74, 6) is 0.512. The maximum atomic E-state index is 2.79. The third kappa shape index (κ3) is 5.01. The van der Waals surface area contributed by atoms with Gasteiger partial charge < -0.3 is 24.8 Å². The molecule has 4 aliphatic carbocycles. The molecule has 0 amide bonds. The SMILES string of the molecule is CC1=CC(C)[C](/[Zr+2](=[CH]\c2ccc(C)cc2)[CH]2c3cc4c(cc3-c3cc5c(cc32)C(C)(C)C=C5C)C(C)=CC4(C)C)=C1C.[Cl-].[Cl-]. The first-order valence-corrected chi connectivity index (χ1v) is 19.8. The topological polar surface area (TPSA) is 0 Å². The average Bonchev–Trinajstić information content (AvgIpc) is 3.53. The van der Waals surface area contributed by atoms with Crippen LogP contribution >= 0.6 is 0 Å². The number of hydrogen-bond donors (Lipinski definition) is 0. The van der Waals surface area contributed by atoms with E-state index in [4.69, 9.17) is 0 Å². The second-order valence-electron chi connectivity index (χ2n) is 14.7. The van der Waals surface area contributed by atoms with E-state index < -0.39 is 21.3 Å². The van der Waals surface area contributed by atoms with E-state index in [1.165, 1.54) is 61.2 Å². The van der Waals surface area contributed by atoms with Gasteiger partial charge in [0.25, 0.3) is 0 Å². The molecule has 0 saturated carbocycles. The largest absolute Gasteiger partial charge is 1.00 e. The van der Waals surface area contributed by atoms with Crippen LogP contribution in [0.5, 0.6) is 0 Å². The zero-order valence-corrected chi connectivity index (χ0v) is 31.8. The van der Waals surface area contributed by atoms with Crippen molar-refractivity contribution in [2.75, 3.05) is 0 Å². The van der Waals surface area contributed by atoms with Gasteiger partial charge in [0.15, 0.2) is 0 Å². The van der Waals surface area contributed by atoms with E-state index in [0.29, 0.717) is 9.54 Å². The predicted molar refractivity (Wildman–Crippen MR) is 179 cm³/mol. The van der Waals surface area contributed by atoms with Gasteiger partial charge in [0, 0.05) is 0 Å². The number of hydrogen-bond acceptors (Lipinski definition) is 0. The van der Waals surface area contributed by atoms with Crippen LogP contribution in [0.3, 0.4) is 0 Å². The van der Waals surface area contributed by atoms with Gasteiger partial charge in [-0.15, -0.1) is 0 Å². The molecule has 0 fully saturated rings. The summed E-state index contributed by atoms with van der Waals surface area (Å²) in [6, 6.07) is 19.8. The molecule has 3 aromatic carbocycles. The Morgan fingerprint density at radius 1 is 0.636 bits per heavy atom. The van der Waals surface area contributed by atoms with Crippen LogP contribution in [0.15, 0.2) is 81.2 Å². The Morgan fingerprint density at radius 3 is 1.55 bits per heavy atom. The van der Waals surface area contributed by atoms with Crippen molar-refractivity contribution in [3.63, 3.8) is 0 Å². The van der Waals surface area contributed by atoms with Gasteiger partial charge in [0.05, 0.1) is 0 Å². The van der Waals surface area contributed by atoms with Crippen molar-refractivity contribution in [2.45, 2.75) is 83.7 Å². The molecule has 0 radical (unpaired) electrons. The third-order valence-electron chi connectivity index (χ3n) is 10.7. The fraction of sp³-hybridized carbons (Fsp3) is 0.341. The Hall–Kier alpha value is -2.05. The standard InChI is InChI=1S/C25H25.C8H11.C8H8.2ClH.Zr/c1-14-12-24(3,4)22-8-16-7-17-9-23-19(15(2)13-25(23,5)6)11-21(17)20(16)10-18(14)22;1-6-4-7(2)8(3)5-6;1-7-3-5-8(2)6-4-7;;;/h7-13H,1-6H3;4,6H,1-3H3;1,3-6H,2H3;2*1H;/q;;;;;+2/p-2. The molecule has 0 N–H and O–H groups in total. The number of benzene rings is 3. The molecule has 4 aliphatic rings. The van der Waals surface area contributed by atoms with Gasteiger partial charge in [0.2, 0.25) is 0 Å². The average molecular weight is 699 g/mol. The first kappa shape index (κ1) is 33.3. The summed E-state index contributed by atoms with van der Waals surface area (Å²) in [6.07, 6.45) is 7.50. The van der Waals surface area contributed by atoms with E-state index in [0.717, 1.165) is 0 Å². The number of fused-ring (bicyclic) bond motifs is 5. The fourth-order valence-corrected chi connectivity index (χ4v) is 17.3. The second-order valence-corrected chi connectivity index (χ2v) is 20.4. The Labute approximate surface area is 285 Å². The number of rotatable bonds is 3. The zero-order valence-electron chi connectivity index (χ0n) is 27.8. The normalized spacial score (nSPS) is 20.2. The van der Waals surface area contributed by atoms with Crippen LogP contribution in [0.4, 0.5) is 0 Å². The van der Waals surface area contributed by atoms with Gasteiger partial charge >= 0.3 is 263 Å². The van der Waals surface area contributed by atoms with Crippen molar-refractivity contribution >= 4 is 14.9 Å². The minimum Gasteiger partial charge on any atom is -1.00 e. The van der Waals surface area contributed by atoms with Crippen LogP contribution in [-0.4, -0.2) is 3.71 Å². The molecule has 44 heavy (non-hydrogen) atoms. The molecule has 0 bridgehead atoms. The molecule has 7 rings (SSSR count). The van der Waals surface area contributed by atoms with Crippen LogP contribution in [0.2, 0.25) is 0 Å². The summed E-state index contributed by atoms with van der Waals surface area (Å²) >= 11 is -2.54. The van der Waals surface area contributed by atoms with Gasteiger partial charge in [-0.05, 0) is 0 Å². The third-order valence-corrected chi connectivity index (χ3v) is 18.9. The van der Waals surface area contributed by atoms with Crippen molar-refractivity contribution < 1.29 is 46.1 Å². The minimum atomic E-state index is -2.54. The van der Waals surface area contributed by atoms with Crippen molar-refractivity contribution in [3.8, 4) is 11.1 Å². The van der Waals surface area contributed by atoms with Crippen LogP contribution in [0.25, 0.3) is 22.3 Å². The molecule has 1 unspecified atom stereocenters. The molecular weight excluding hydrogens is 655 g/mol. The van der Waals surface area contributed by atoms with Gasteiger partial charge in [0.1, 0.15) is 0 Å². The molecule has 0 heterocycles. The molecule has 1 atom stereocenters. The molecule has 3 heteroatoms. The number of halogens is 2. The van der Waals surface area contributed by atoms with E-state index in [9.17, 15) is 0 Å². The molecule has 0 nitrogen and oxygen atoms in total. The number of aryl methyl sites for hydroxylation is 1. The van der Waals surface area contributed by atoms with E-state index in [2.05, 4.69) is 140 Å². The Kier molecular flexibility index (Phi) is 8.58. The monoisotopic (exact) mass is 696 g/mol. The first-order valence-electron chi connectivity index (χ1n) is 15.7. The summed E-state index contributed by atoms with van der Waals surface area (Å²) in [6.45, 7) is 23.6. The molecule has 0 saturated heterocycles. The quantitative estimate of drug-likeness (QED) is 0.369. The van der Waals surface area contributed by atoms with Crippen molar-refractivity contribution in [1.82, 2.24) is 0 Å². The molecule has 0 aromatic heterocycles. The van der Waals surface area contributed by atoms with Gasteiger partial charge in [-0.3, -0.25) is 0 Å². The maximum absolute atomic E-state index is 2.79. The van der Waals surface area contributed by atoms with Crippen molar-refractivity contribution in [2.24, 2.45) is 5.92 Å². The van der Waals surface area contributed by atoms with E-state index in [-0.39, 0.29) is 35.6 Å². The van der Waals surface area contributed by atoms with E-state index >= 15 is 0 Å². The van der Waals surface area contributed by atoms with Gasteiger partial charge in [-0.25, -0.2) is 0 Å². The van der Waals surface area contributed by atoms with Crippen LogP contribution in [-0.2, 0) is 32.1 Å². The smallest absolute Gasteiger partial charge is 1.00 e. The molecule has 226 valence electrons. The Morgan fingerprint density at radius 2 is 1.11 bits per heavy atom. The van der Waals surface area contributed by atoms with Crippen LogP contribution < -0.4 is 24.8 Å². The molecule has 3 aromatic rings. The van der Waals surface area contributed by atoms with Crippen molar-refractivity contribution in [1.29, 1.82) is 0 Å². The maximum Gasteiger partial charge on any atom is -1.00 e. The summed E-state index contributed by atoms with van der Waals surface area (Å²) in [4.78, 5) is 0. The second kappa shape index (κ2) is 11.3. The summed E-state index contributed by atoms with van der Waals surface area (Å²) in [5.41, 5.74) is 20.9. The first-order chi connectivity index (χ1) is 19.8. The van der Waals surface area contributed by atoms with Crippen molar-refractivity contribution in [3.05, 3.63) is 126 Å².